The molecular weight excluding hydrogens is 268 g/mol. The topological polar surface area (TPSA) is 81.8 Å². The first-order valence-corrected chi connectivity index (χ1v) is 6.42. The lowest BCUT2D eigenvalue weighted by molar-refractivity contribution is 0.392. The van der Waals surface area contributed by atoms with Crippen molar-refractivity contribution in [3.63, 3.8) is 0 Å². The second kappa shape index (κ2) is 7.14. The van der Waals surface area contributed by atoms with E-state index in [4.69, 9.17) is 15.2 Å². The molecule has 1 aromatic heterocycles. The third-order valence-corrected chi connectivity index (χ3v) is 2.81. The molecule has 0 unspecified atom stereocenters. The number of pyridine rings is 1. The SMILES string of the molecule is COc1cccc(NC(N)=NCc2cccnc2OC)c1. The average Bonchev–Trinajstić information content (AvgIpc) is 2.53. The van der Waals surface area contributed by atoms with E-state index in [-0.39, 0.29) is 0 Å². The highest BCUT2D eigenvalue weighted by molar-refractivity contribution is 5.92. The lowest BCUT2D eigenvalue weighted by Gasteiger charge is -2.08. The van der Waals surface area contributed by atoms with Gasteiger partial charge in [0, 0.05) is 23.5 Å². The molecule has 0 amide bonds. The van der Waals surface area contributed by atoms with Gasteiger partial charge in [0.2, 0.25) is 5.88 Å². The summed E-state index contributed by atoms with van der Waals surface area (Å²) in [7, 11) is 3.19. The van der Waals surface area contributed by atoms with Crippen LogP contribution in [0.5, 0.6) is 11.6 Å². The highest BCUT2D eigenvalue weighted by atomic mass is 16.5. The normalized spacial score (nSPS) is 11.0. The van der Waals surface area contributed by atoms with Gasteiger partial charge in [0.05, 0.1) is 20.8 Å². The van der Waals surface area contributed by atoms with Crippen LogP contribution < -0.4 is 20.5 Å². The first-order chi connectivity index (χ1) is 10.2. The monoisotopic (exact) mass is 286 g/mol. The Bertz CT molecular complexity index is 629. The third kappa shape index (κ3) is 4.10. The molecule has 0 aliphatic rings. The van der Waals surface area contributed by atoms with Crippen LogP contribution in [0, 0.1) is 0 Å². The van der Waals surface area contributed by atoms with Gasteiger partial charge in [-0.3, -0.25) is 0 Å². The smallest absolute Gasteiger partial charge is 0.218 e. The Labute approximate surface area is 123 Å². The van der Waals surface area contributed by atoms with Crippen molar-refractivity contribution in [2.75, 3.05) is 19.5 Å². The fourth-order valence-electron chi connectivity index (χ4n) is 1.79. The number of anilines is 1. The fraction of sp³-hybridized carbons (Fsp3) is 0.200. The molecule has 2 aromatic rings. The molecule has 1 heterocycles. The summed E-state index contributed by atoms with van der Waals surface area (Å²) in [6.45, 7) is 0.389. The van der Waals surface area contributed by atoms with Crippen molar-refractivity contribution in [2.24, 2.45) is 10.7 Å². The van der Waals surface area contributed by atoms with Gasteiger partial charge in [-0.15, -0.1) is 0 Å². The fourth-order valence-corrected chi connectivity index (χ4v) is 1.79. The first kappa shape index (κ1) is 14.6. The van der Waals surface area contributed by atoms with Crippen LogP contribution in [0.15, 0.2) is 47.6 Å². The molecule has 0 radical (unpaired) electrons. The molecule has 0 spiro atoms. The summed E-state index contributed by atoms with van der Waals surface area (Å²) in [5, 5.41) is 3.01. The van der Waals surface area contributed by atoms with E-state index in [0.29, 0.717) is 18.4 Å². The zero-order valence-electron chi connectivity index (χ0n) is 12.0. The number of nitrogens with two attached hydrogens (primary N) is 1. The highest BCUT2D eigenvalue weighted by Gasteiger charge is 2.03. The molecule has 0 saturated carbocycles. The maximum absolute atomic E-state index is 5.87. The summed E-state index contributed by atoms with van der Waals surface area (Å²) in [6.07, 6.45) is 1.67. The van der Waals surface area contributed by atoms with Crippen molar-refractivity contribution >= 4 is 11.6 Å². The molecule has 0 saturated heterocycles. The van der Waals surface area contributed by atoms with Gasteiger partial charge in [-0.25, -0.2) is 9.98 Å². The van der Waals surface area contributed by atoms with Gasteiger partial charge >= 0.3 is 0 Å². The van der Waals surface area contributed by atoms with Gasteiger partial charge in [-0.2, -0.15) is 0 Å². The maximum atomic E-state index is 5.87. The van der Waals surface area contributed by atoms with Crippen LogP contribution in [0.3, 0.4) is 0 Å². The molecule has 110 valence electrons. The van der Waals surface area contributed by atoms with E-state index in [9.17, 15) is 0 Å². The van der Waals surface area contributed by atoms with Gasteiger partial charge < -0.3 is 20.5 Å². The van der Waals surface area contributed by atoms with Crippen LogP contribution in [-0.4, -0.2) is 25.2 Å². The predicted octanol–water partition coefficient (Wildman–Crippen LogP) is 2.03. The number of rotatable bonds is 5. The number of nitrogens with one attached hydrogen (secondary N) is 1. The molecule has 0 atom stereocenters. The van der Waals surface area contributed by atoms with Crippen molar-refractivity contribution in [1.29, 1.82) is 0 Å². The molecule has 0 fully saturated rings. The van der Waals surface area contributed by atoms with Crippen molar-refractivity contribution in [3.05, 3.63) is 48.2 Å². The van der Waals surface area contributed by atoms with Gasteiger partial charge in [0.15, 0.2) is 5.96 Å². The van der Waals surface area contributed by atoms with E-state index in [2.05, 4.69) is 15.3 Å². The van der Waals surface area contributed by atoms with E-state index in [1.165, 1.54) is 0 Å². The van der Waals surface area contributed by atoms with Crippen LogP contribution in [0.4, 0.5) is 5.69 Å². The van der Waals surface area contributed by atoms with E-state index in [0.717, 1.165) is 17.0 Å². The molecule has 1 aromatic carbocycles. The van der Waals surface area contributed by atoms with Crippen molar-refractivity contribution in [2.45, 2.75) is 6.54 Å². The van der Waals surface area contributed by atoms with Gasteiger partial charge in [-0.1, -0.05) is 12.1 Å². The Kier molecular flexibility index (Phi) is 4.98. The number of ether oxygens (including phenoxy) is 2. The highest BCUT2D eigenvalue weighted by Crippen LogP contribution is 2.17. The molecule has 0 aliphatic heterocycles. The number of hydrogen-bond acceptors (Lipinski definition) is 4. The lowest BCUT2D eigenvalue weighted by Crippen LogP contribution is -2.22. The van der Waals surface area contributed by atoms with E-state index in [1.807, 2.05) is 36.4 Å². The van der Waals surface area contributed by atoms with Crippen molar-refractivity contribution in [3.8, 4) is 11.6 Å². The zero-order chi connectivity index (χ0) is 15.1. The second-order valence-corrected chi connectivity index (χ2v) is 4.23. The Balaban J connectivity index is 2.04. The number of aromatic nitrogens is 1. The quantitative estimate of drug-likeness (QED) is 0.649. The maximum Gasteiger partial charge on any atom is 0.218 e. The average molecular weight is 286 g/mol. The minimum absolute atomic E-state index is 0.314. The molecule has 21 heavy (non-hydrogen) atoms. The molecular formula is C15H18N4O2. The summed E-state index contributed by atoms with van der Waals surface area (Å²) in [5.41, 5.74) is 7.56. The van der Waals surface area contributed by atoms with E-state index < -0.39 is 0 Å². The van der Waals surface area contributed by atoms with Crippen LogP contribution >= 0.6 is 0 Å². The molecule has 2 rings (SSSR count). The summed E-state index contributed by atoms with van der Waals surface area (Å²) < 4.78 is 10.3. The minimum Gasteiger partial charge on any atom is -0.497 e. The molecule has 6 nitrogen and oxygen atoms in total. The molecule has 0 aliphatic carbocycles. The summed E-state index contributed by atoms with van der Waals surface area (Å²) in [6, 6.07) is 11.2. The number of aliphatic imine (C=N–C) groups is 1. The molecule has 6 heteroatoms. The van der Waals surface area contributed by atoms with Crippen molar-refractivity contribution in [1.82, 2.24) is 4.98 Å². The lowest BCUT2D eigenvalue weighted by atomic mass is 10.3. The Hall–Kier alpha value is -2.76. The third-order valence-electron chi connectivity index (χ3n) is 2.81. The van der Waals surface area contributed by atoms with Crippen molar-refractivity contribution < 1.29 is 9.47 Å². The van der Waals surface area contributed by atoms with Crippen LogP contribution in [0.25, 0.3) is 0 Å². The number of benzene rings is 1. The van der Waals surface area contributed by atoms with Gasteiger partial charge in [0.25, 0.3) is 0 Å². The summed E-state index contributed by atoms with van der Waals surface area (Å²) >= 11 is 0. The standard InChI is InChI=1S/C15H18N4O2/c1-20-13-7-3-6-12(9-13)19-15(16)18-10-11-5-4-8-17-14(11)21-2/h3-9H,10H2,1-2H3,(H3,16,18,19). The predicted molar refractivity (Wildman–Crippen MR) is 82.7 cm³/mol. The Morgan fingerprint density at radius 1 is 1.24 bits per heavy atom. The van der Waals surface area contributed by atoms with Crippen LogP contribution in [0.2, 0.25) is 0 Å². The molecule has 0 bridgehead atoms. The Morgan fingerprint density at radius 3 is 2.86 bits per heavy atom. The van der Waals surface area contributed by atoms with Gasteiger partial charge in [0.1, 0.15) is 5.75 Å². The molecule has 3 N–H and O–H groups in total. The number of hydrogen-bond donors (Lipinski definition) is 2. The van der Waals surface area contributed by atoms with E-state index >= 15 is 0 Å². The number of nitrogens with zero attached hydrogens (tertiary/aromatic N) is 2. The van der Waals surface area contributed by atoms with Crippen LogP contribution in [0.1, 0.15) is 5.56 Å². The van der Waals surface area contributed by atoms with Crippen LogP contribution in [-0.2, 0) is 6.54 Å². The number of methoxy groups -OCH3 is 2. The number of guanidine groups is 1. The summed E-state index contributed by atoms with van der Waals surface area (Å²) in [5.74, 6) is 1.62. The largest absolute Gasteiger partial charge is 0.497 e. The van der Waals surface area contributed by atoms with E-state index in [1.54, 1.807) is 20.4 Å². The first-order valence-electron chi connectivity index (χ1n) is 6.42. The van der Waals surface area contributed by atoms with Gasteiger partial charge in [-0.05, 0) is 18.2 Å². The summed E-state index contributed by atoms with van der Waals surface area (Å²) in [4.78, 5) is 8.39. The second-order valence-electron chi connectivity index (χ2n) is 4.23. The minimum atomic E-state index is 0.314. The zero-order valence-corrected chi connectivity index (χ0v) is 12.0. The Morgan fingerprint density at radius 2 is 2.10 bits per heavy atom.